The average Bonchev–Trinajstić information content (AvgIpc) is 2.58. The van der Waals surface area contributed by atoms with Crippen molar-refractivity contribution in [3.05, 3.63) is 0 Å². The molecule has 0 aromatic carbocycles. The zero-order valence-electron chi connectivity index (χ0n) is 9.10. The van der Waals surface area contributed by atoms with Crippen LogP contribution in [0, 0.1) is 0 Å². The maximum atomic E-state index is 8.55. The lowest BCUT2D eigenvalue weighted by Crippen LogP contribution is -2.40. The quantitative estimate of drug-likeness (QED) is 0.290. The van der Waals surface area contributed by atoms with E-state index in [0.717, 1.165) is 13.1 Å². The van der Waals surface area contributed by atoms with Crippen molar-refractivity contribution < 1.29 is 5.21 Å². The zero-order valence-corrected chi connectivity index (χ0v) is 9.10. The molecule has 3 N–H and O–H groups in total. The van der Waals surface area contributed by atoms with Gasteiger partial charge in [0.2, 0.25) is 0 Å². The molecule has 2 aliphatic rings. The molecule has 86 valence electrons. The van der Waals surface area contributed by atoms with E-state index >= 15 is 0 Å². The Labute approximate surface area is 90.5 Å². The Bertz CT molecular complexity index is 244. The summed E-state index contributed by atoms with van der Waals surface area (Å²) in [5.74, 6) is 0.321. The second-order valence-corrected chi connectivity index (χ2v) is 4.51. The topological polar surface area (TPSA) is 65.1 Å². The first-order chi connectivity index (χ1) is 7.29. The number of fused-ring (bicyclic) bond motifs is 1. The smallest absolute Gasteiger partial charge is 0.153 e. The highest BCUT2D eigenvalue weighted by Gasteiger charge is 2.28. The Morgan fingerprint density at radius 2 is 2.13 bits per heavy atom. The monoisotopic (exact) mass is 212 g/mol. The highest BCUT2D eigenvalue weighted by Crippen LogP contribution is 2.20. The average molecular weight is 212 g/mol. The lowest BCUT2D eigenvalue weighted by atomic mass is 10.2. The Kier molecular flexibility index (Phi) is 3.43. The molecule has 0 aliphatic carbocycles. The Hall–Kier alpha value is -0.810. The molecule has 2 fully saturated rings. The summed E-state index contributed by atoms with van der Waals surface area (Å²) < 4.78 is 0. The van der Waals surface area contributed by atoms with Crippen molar-refractivity contribution in [1.29, 1.82) is 0 Å². The van der Waals surface area contributed by atoms with Gasteiger partial charge < -0.3 is 10.9 Å². The van der Waals surface area contributed by atoms with Crippen molar-refractivity contribution in [2.75, 3.05) is 32.7 Å². The van der Waals surface area contributed by atoms with Crippen LogP contribution in [0.2, 0.25) is 0 Å². The van der Waals surface area contributed by atoms with Gasteiger partial charge in [-0.05, 0) is 38.9 Å². The number of amidine groups is 1. The number of hydrogen-bond donors (Lipinski definition) is 2. The maximum absolute atomic E-state index is 8.55. The van der Waals surface area contributed by atoms with Gasteiger partial charge in [0.1, 0.15) is 0 Å². The molecule has 0 aromatic rings. The molecule has 0 bridgehead atoms. The normalized spacial score (nSPS) is 30.1. The minimum atomic E-state index is 0.321. The molecule has 5 nitrogen and oxygen atoms in total. The number of rotatable bonds is 2. The second kappa shape index (κ2) is 4.81. The van der Waals surface area contributed by atoms with Crippen LogP contribution in [0.25, 0.3) is 0 Å². The molecule has 5 heteroatoms. The Morgan fingerprint density at radius 3 is 2.93 bits per heavy atom. The first-order valence-electron chi connectivity index (χ1n) is 5.72. The molecule has 1 unspecified atom stereocenters. The second-order valence-electron chi connectivity index (χ2n) is 4.51. The molecule has 0 spiro atoms. The number of nitrogens with two attached hydrogens (primary N) is 1. The molecule has 2 saturated heterocycles. The molecule has 0 amide bonds. The van der Waals surface area contributed by atoms with Gasteiger partial charge >= 0.3 is 0 Å². The van der Waals surface area contributed by atoms with Gasteiger partial charge in [-0.15, -0.1) is 0 Å². The summed E-state index contributed by atoms with van der Waals surface area (Å²) in [7, 11) is 0. The van der Waals surface area contributed by atoms with Crippen LogP contribution in [0.5, 0.6) is 0 Å². The van der Waals surface area contributed by atoms with Gasteiger partial charge in [-0.3, -0.25) is 9.80 Å². The third kappa shape index (κ3) is 2.60. The predicted octanol–water partition coefficient (Wildman–Crippen LogP) is -0.0971. The molecule has 0 saturated carbocycles. The van der Waals surface area contributed by atoms with E-state index in [2.05, 4.69) is 15.0 Å². The van der Waals surface area contributed by atoms with E-state index in [0.29, 0.717) is 18.4 Å². The van der Waals surface area contributed by atoms with E-state index in [1.54, 1.807) is 0 Å². The lowest BCUT2D eigenvalue weighted by Gasteiger charge is -2.24. The van der Waals surface area contributed by atoms with Crippen LogP contribution in [-0.2, 0) is 0 Å². The van der Waals surface area contributed by atoms with Gasteiger partial charge in [-0.25, -0.2) is 0 Å². The molecule has 2 heterocycles. The molecule has 0 aromatic heterocycles. The minimum Gasteiger partial charge on any atom is -0.409 e. The summed E-state index contributed by atoms with van der Waals surface area (Å²) in [5, 5.41) is 11.6. The molecule has 0 radical (unpaired) electrons. The third-order valence-electron chi connectivity index (χ3n) is 3.40. The molecule has 2 aliphatic heterocycles. The van der Waals surface area contributed by atoms with Gasteiger partial charge in [0, 0.05) is 12.6 Å². The summed E-state index contributed by atoms with van der Waals surface area (Å²) >= 11 is 0. The van der Waals surface area contributed by atoms with Crippen LogP contribution in [0.4, 0.5) is 0 Å². The maximum Gasteiger partial charge on any atom is 0.153 e. The van der Waals surface area contributed by atoms with Crippen molar-refractivity contribution in [1.82, 2.24) is 9.80 Å². The summed E-state index contributed by atoms with van der Waals surface area (Å²) in [6.45, 7) is 5.18. The third-order valence-corrected chi connectivity index (χ3v) is 3.40. The van der Waals surface area contributed by atoms with Crippen LogP contribution in [-0.4, -0.2) is 59.6 Å². The fourth-order valence-electron chi connectivity index (χ4n) is 2.69. The molecule has 2 rings (SSSR count). The minimum absolute atomic E-state index is 0.321. The molecular weight excluding hydrogens is 192 g/mol. The fraction of sp³-hybridized carbons (Fsp3) is 0.900. The van der Waals surface area contributed by atoms with Gasteiger partial charge in [-0.1, -0.05) is 5.16 Å². The molecule has 15 heavy (non-hydrogen) atoms. The fourth-order valence-corrected chi connectivity index (χ4v) is 2.69. The van der Waals surface area contributed by atoms with Crippen LogP contribution >= 0.6 is 0 Å². The SMILES string of the molecule is NC(CN1CCCN2CCCC2C1)=NO. The van der Waals surface area contributed by atoms with Gasteiger partial charge in [0.05, 0.1) is 6.54 Å². The highest BCUT2D eigenvalue weighted by atomic mass is 16.4. The van der Waals surface area contributed by atoms with Crippen LogP contribution < -0.4 is 5.73 Å². The Balaban J connectivity index is 1.91. The lowest BCUT2D eigenvalue weighted by molar-refractivity contribution is 0.232. The van der Waals surface area contributed by atoms with Crippen LogP contribution in [0.1, 0.15) is 19.3 Å². The molecular formula is C10H20N4O. The first-order valence-corrected chi connectivity index (χ1v) is 5.72. The van der Waals surface area contributed by atoms with Crippen LogP contribution in [0.3, 0.4) is 0 Å². The predicted molar refractivity (Wildman–Crippen MR) is 59.1 cm³/mol. The Morgan fingerprint density at radius 1 is 1.33 bits per heavy atom. The van der Waals surface area contributed by atoms with E-state index in [1.807, 2.05) is 0 Å². The first kappa shape index (κ1) is 10.7. The van der Waals surface area contributed by atoms with Crippen molar-refractivity contribution in [3.8, 4) is 0 Å². The number of nitrogens with zero attached hydrogens (tertiary/aromatic N) is 3. The van der Waals surface area contributed by atoms with E-state index < -0.39 is 0 Å². The van der Waals surface area contributed by atoms with E-state index in [4.69, 9.17) is 10.9 Å². The molecule has 1 atom stereocenters. The van der Waals surface area contributed by atoms with Gasteiger partial charge in [0.25, 0.3) is 0 Å². The van der Waals surface area contributed by atoms with Crippen molar-refractivity contribution in [3.63, 3.8) is 0 Å². The summed E-state index contributed by atoms with van der Waals surface area (Å²) in [4.78, 5) is 4.87. The van der Waals surface area contributed by atoms with Crippen molar-refractivity contribution in [2.45, 2.75) is 25.3 Å². The van der Waals surface area contributed by atoms with E-state index in [9.17, 15) is 0 Å². The van der Waals surface area contributed by atoms with Crippen LogP contribution in [0.15, 0.2) is 5.16 Å². The van der Waals surface area contributed by atoms with E-state index in [1.165, 1.54) is 32.4 Å². The van der Waals surface area contributed by atoms with Gasteiger partial charge in [-0.2, -0.15) is 0 Å². The van der Waals surface area contributed by atoms with Gasteiger partial charge in [0.15, 0.2) is 5.84 Å². The largest absolute Gasteiger partial charge is 0.409 e. The van der Waals surface area contributed by atoms with Crippen molar-refractivity contribution in [2.24, 2.45) is 10.9 Å². The standard InChI is InChI=1S/C10H20N4O/c11-10(12-15)8-13-4-2-6-14-5-1-3-9(14)7-13/h9,15H,1-8H2,(H2,11,12). The van der Waals surface area contributed by atoms with Crippen molar-refractivity contribution >= 4 is 5.84 Å². The number of hydrogen-bond acceptors (Lipinski definition) is 4. The van der Waals surface area contributed by atoms with E-state index in [-0.39, 0.29) is 0 Å². The summed E-state index contributed by atoms with van der Waals surface area (Å²) in [6.07, 6.45) is 3.81. The number of oxime groups is 1. The zero-order chi connectivity index (χ0) is 10.7. The summed E-state index contributed by atoms with van der Waals surface area (Å²) in [5.41, 5.74) is 5.54. The highest BCUT2D eigenvalue weighted by molar-refractivity contribution is 5.81. The summed E-state index contributed by atoms with van der Waals surface area (Å²) in [6, 6.07) is 0.694.